The molecule has 2 heterocycles. The second-order valence-corrected chi connectivity index (χ2v) is 6.21. The highest BCUT2D eigenvalue weighted by atomic mass is 16.5. The highest BCUT2D eigenvalue weighted by molar-refractivity contribution is 5.89. The van der Waals surface area contributed by atoms with Crippen LogP contribution in [0.15, 0.2) is 18.3 Å². The molecule has 0 aliphatic carbocycles. The van der Waals surface area contributed by atoms with E-state index >= 15 is 0 Å². The molecule has 0 unspecified atom stereocenters. The summed E-state index contributed by atoms with van der Waals surface area (Å²) in [6, 6.07) is 3.08. The predicted molar refractivity (Wildman–Crippen MR) is 91.8 cm³/mol. The number of anilines is 1. The first-order chi connectivity index (χ1) is 11.4. The summed E-state index contributed by atoms with van der Waals surface area (Å²) in [6.07, 6.45) is 1.53. The maximum atomic E-state index is 12.3. The first kappa shape index (κ1) is 18.2. The Bertz CT molecular complexity index is 566. The topological polar surface area (TPSA) is 88.8 Å². The van der Waals surface area contributed by atoms with Crippen molar-refractivity contribution in [3.8, 4) is 0 Å². The molecule has 2 rings (SSSR count). The number of hydrogen-bond donors (Lipinski definition) is 1. The zero-order valence-electron chi connectivity index (χ0n) is 14.6. The summed E-state index contributed by atoms with van der Waals surface area (Å²) in [7, 11) is 0. The molecule has 0 aromatic carbocycles. The zero-order chi connectivity index (χ0) is 17.7. The zero-order valence-corrected chi connectivity index (χ0v) is 14.6. The van der Waals surface area contributed by atoms with Crippen LogP contribution in [0, 0.1) is 5.92 Å². The van der Waals surface area contributed by atoms with E-state index in [-0.39, 0.29) is 17.8 Å². The Morgan fingerprint density at radius 3 is 2.42 bits per heavy atom. The summed E-state index contributed by atoms with van der Waals surface area (Å²) in [6.45, 7) is 8.66. The van der Waals surface area contributed by atoms with E-state index in [2.05, 4.69) is 9.88 Å². The molecule has 1 saturated heterocycles. The fourth-order valence-electron chi connectivity index (χ4n) is 2.56. The number of piperazine rings is 1. The number of rotatable bonds is 5. The Balaban J connectivity index is 1.92. The second-order valence-electron chi connectivity index (χ2n) is 6.21. The van der Waals surface area contributed by atoms with E-state index in [9.17, 15) is 9.59 Å². The van der Waals surface area contributed by atoms with Gasteiger partial charge in [0.05, 0.1) is 18.2 Å². The molecule has 2 N–H and O–H groups in total. The van der Waals surface area contributed by atoms with E-state index in [1.807, 2.05) is 24.8 Å². The van der Waals surface area contributed by atoms with E-state index in [1.54, 1.807) is 13.0 Å². The number of amides is 1. The molecule has 1 fully saturated rings. The van der Waals surface area contributed by atoms with Crippen LogP contribution in [0.2, 0.25) is 0 Å². The Kier molecular flexibility index (Phi) is 6.14. The van der Waals surface area contributed by atoms with Crippen LogP contribution >= 0.6 is 0 Å². The van der Waals surface area contributed by atoms with Gasteiger partial charge in [-0.25, -0.2) is 9.78 Å². The maximum absolute atomic E-state index is 12.3. The number of aromatic nitrogens is 1. The molecule has 132 valence electrons. The largest absolute Gasteiger partial charge is 0.462 e. The number of esters is 1. The van der Waals surface area contributed by atoms with Crippen molar-refractivity contribution in [2.75, 3.05) is 37.7 Å². The lowest BCUT2D eigenvalue weighted by atomic mass is 10.0. The van der Waals surface area contributed by atoms with Crippen LogP contribution in [0.1, 0.15) is 31.1 Å². The Morgan fingerprint density at radius 2 is 1.92 bits per heavy atom. The maximum Gasteiger partial charge on any atom is 0.339 e. The highest BCUT2D eigenvalue weighted by Crippen LogP contribution is 2.15. The van der Waals surface area contributed by atoms with Gasteiger partial charge in [-0.3, -0.25) is 4.79 Å². The van der Waals surface area contributed by atoms with E-state index in [1.165, 1.54) is 6.20 Å². The van der Waals surface area contributed by atoms with Crippen LogP contribution < -0.4 is 10.6 Å². The third-order valence-corrected chi connectivity index (χ3v) is 4.18. The first-order valence-corrected chi connectivity index (χ1v) is 8.36. The van der Waals surface area contributed by atoms with Crippen LogP contribution in [0.25, 0.3) is 0 Å². The highest BCUT2D eigenvalue weighted by Gasteiger charge is 2.27. The smallest absolute Gasteiger partial charge is 0.339 e. The molecule has 7 nitrogen and oxygen atoms in total. The number of carbonyl (C=O) groups excluding carboxylic acids is 2. The van der Waals surface area contributed by atoms with Crippen LogP contribution in [-0.2, 0) is 9.53 Å². The van der Waals surface area contributed by atoms with Crippen molar-refractivity contribution in [1.82, 2.24) is 9.88 Å². The van der Waals surface area contributed by atoms with Crippen molar-refractivity contribution in [3.05, 3.63) is 23.9 Å². The number of carbonyl (C=O) groups is 2. The molecule has 1 aromatic rings. The van der Waals surface area contributed by atoms with Crippen molar-refractivity contribution in [2.24, 2.45) is 11.7 Å². The average molecular weight is 334 g/mol. The SMILES string of the molecule is CCOC(=O)c1ccc(N2CCN(C(=O)[C@@H](N)C(C)C)CC2)nc1. The van der Waals surface area contributed by atoms with E-state index in [0.29, 0.717) is 38.3 Å². The molecule has 1 aliphatic heterocycles. The third kappa shape index (κ3) is 4.23. The van der Waals surface area contributed by atoms with Crippen LogP contribution in [0.5, 0.6) is 0 Å². The van der Waals surface area contributed by atoms with Gasteiger partial charge in [-0.15, -0.1) is 0 Å². The second kappa shape index (κ2) is 8.10. The number of ether oxygens (including phenoxy) is 1. The van der Waals surface area contributed by atoms with Gasteiger partial charge >= 0.3 is 5.97 Å². The van der Waals surface area contributed by atoms with Gasteiger partial charge in [0.15, 0.2) is 0 Å². The van der Waals surface area contributed by atoms with Gasteiger partial charge in [-0.05, 0) is 25.0 Å². The standard InChI is InChI=1S/C17H26N4O3/c1-4-24-17(23)13-5-6-14(19-11-13)20-7-9-21(10-8-20)16(22)15(18)12(2)3/h5-6,11-12,15H,4,7-10,18H2,1-3H3/t15-/m0/s1. The monoisotopic (exact) mass is 334 g/mol. The van der Waals surface area contributed by atoms with Gasteiger partial charge in [0, 0.05) is 32.4 Å². The Hall–Kier alpha value is -2.15. The van der Waals surface area contributed by atoms with Crippen LogP contribution in [-0.4, -0.2) is 60.6 Å². The molecule has 0 saturated carbocycles. The lowest BCUT2D eigenvalue weighted by Gasteiger charge is -2.37. The van der Waals surface area contributed by atoms with E-state index in [0.717, 1.165) is 5.82 Å². The Labute approximate surface area is 142 Å². The lowest BCUT2D eigenvalue weighted by molar-refractivity contribution is -0.133. The van der Waals surface area contributed by atoms with Crippen molar-refractivity contribution in [1.29, 1.82) is 0 Å². The fourth-order valence-corrected chi connectivity index (χ4v) is 2.56. The Morgan fingerprint density at radius 1 is 1.25 bits per heavy atom. The first-order valence-electron chi connectivity index (χ1n) is 8.36. The average Bonchev–Trinajstić information content (AvgIpc) is 2.61. The third-order valence-electron chi connectivity index (χ3n) is 4.18. The van der Waals surface area contributed by atoms with Crippen molar-refractivity contribution in [2.45, 2.75) is 26.8 Å². The van der Waals surface area contributed by atoms with Crippen LogP contribution in [0.3, 0.4) is 0 Å². The van der Waals surface area contributed by atoms with Gasteiger partial charge in [0.25, 0.3) is 0 Å². The molecule has 1 aliphatic rings. The molecule has 0 bridgehead atoms. The van der Waals surface area contributed by atoms with E-state index in [4.69, 9.17) is 10.5 Å². The summed E-state index contributed by atoms with van der Waals surface area (Å²) in [5, 5.41) is 0. The predicted octanol–water partition coefficient (Wildman–Crippen LogP) is 0.890. The summed E-state index contributed by atoms with van der Waals surface area (Å²) < 4.78 is 4.95. The minimum atomic E-state index is -0.446. The molecule has 1 atom stereocenters. The molecule has 7 heteroatoms. The summed E-state index contributed by atoms with van der Waals surface area (Å²) in [5.41, 5.74) is 6.39. The minimum Gasteiger partial charge on any atom is -0.462 e. The van der Waals surface area contributed by atoms with Gasteiger partial charge < -0.3 is 20.3 Å². The van der Waals surface area contributed by atoms with Crippen molar-refractivity contribution in [3.63, 3.8) is 0 Å². The normalized spacial score (nSPS) is 16.2. The molecular weight excluding hydrogens is 308 g/mol. The molecule has 24 heavy (non-hydrogen) atoms. The number of pyridine rings is 1. The number of nitrogens with two attached hydrogens (primary N) is 1. The minimum absolute atomic E-state index is 0.00951. The lowest BCUT2D eigenvalue weighted by Crippen LogP contribution is -2.54. The summed E-state index contributed by atoms with van der Waals surface area (Å²) in [5.74, 6) is 0.570. The summed E-state index contributed by atoms with van der Waals surface area (Å²) >= 11 is 0. The van der Waals surface area contributed by atoms with Gasteiger partial charge in [-0.2, -0.15) is 0 Å². The van der Waals surface area contributed by atoms with Crippen molar-refractivity contribution >= 4 is 17.7 Å². The fraction of sp³-hybridized carbons (Fsp3) is 0.588. The van der Waals surface area contributed by atoms with Crippen molar-refractivity contribution < 1.29 is 14.3 Å². The van der Waals surface area contributed by atoms with Gasteiger partial charge in [0.2, 0.25) is 5.91 Å². The summed E-state index contributed by atoms with van der Waals surface area (Å²) in [4.78, 5) is 32.2. The number of nitrogens with zero attached hydrogens (tertiary/aromatic N) is 3. The van der Waals surface area contributed by atoms with Crippen LogP contribution in [0.4, 0.5) is 5.82 Å². The molecule has 0 radical (unpaired) electrons. The molecule has 1 aromatic heterocycles. The molecular formula is C17H26N4O3. The quantitative estimate of drug-likeness (QED) is 0.805. The van der Waals surface area contributed by atoms with Gasteiger partial charge in [0.1, 0.15) is 5.82 Å². The number of hydrogen-bond acceptors (Lipinski definition) is 6. The van der Waals surface area contributed by atoms with Gasteiger partial charge in [-0.1, -0.05) is 13.8 Å². The molecule has 0 spiro atoms. The molecule has 1 amide bonds. The van der Waals surface area contributed by atoms with E-state index < -0.39 is 6.04 Å².